The van der Waals surface area contributed by atoms with E-state index >= 15 is 0 Å². The van der Waals surface area contributed by atoms with E-state index in [0.29, 0.717) is 40.1 Å². The number of aliphatic hydroxyl groups is 2. The summed E-state index contributed by atoms with van der Waals surface area (Å²) in [4.78, 5) is 45.7. The van der Waals surface area contributed by atoms with Gasteiger partial charge in [0.05, 0.1) is 11.6 Å². The number of ether oxygens (including phenoxy) is 1. The third kappa shape index (κ3) is 10.3. The molecule has 1 saturated heterocycles. The third-order valence-corrected chi connectivity index (χ3v) is 15.7. The highest BCUT2D eigenvalue weighted by atomic mass is 32.2. The minimum atomic E-state index is -2.03. The van der Waals surface area contributed by atoms with Crippen LogP contribution in [0.5, 0.6) is 5.75 Å². The summed E-state index contributed by atoms with van der Waals surface area (Å²) in [6.07, 6.45) is 4.70. The second-order valence-corrected chi connectivity index (χ2v) is 19.9. The molecule has 2 aliphatic rings. The van der Waals surface area contributed by atoms with Gasteiger partial charge in [-0.1, -0.05) is 91.0 Å². The number of likely N-dealkylation sites (tertiary alicyclic amines) is 1. The van der Waals surface area contributed by atoms with Gasteiger partial charge in [0, 0.05) is 64.3 Å². The van der Waals surface area contributed by atoms with E-state index in [4.69, 9.17) is 4.74 Å². The minimum Gasteiger partial charge on any atom is -0.506 e. The molecule has 1 saturated carbocycles. The lowest BCUT2D eigenvalue weighted by Gasteiger charge is -2.46. The van der Waals surface area contributed by atoms with Gasteiger partial charge in [-0.15, -0.1) is 0 Å². The Morgan fingerprint density at radius 3 is 2.27 bits per heavy atom. The lowest BCUT2D eigenvalue weighted by Crippen LogP contribution is -2.44. The third-order valence-electron chi connectivity index (χ3n) is 13.8. The van der Waals surface area contributed by atoms with Gasteiger partial charge < -0.3 is 35.7 Å². The molecule has 1 aliphatic heterocycles. The Kier molecular flexibility index (Phi) is 13.8. The molecule has 5 aromatic carbocycles. The molecule has 7 aromatic rings. The average molecular weight is 918 g/mol. The number of aromatic nitrogens is 1. The Morgan fingerprint density at radius 2 is 1.52 bits per heavy atom. The molecular formula is C55H57N4O7S+. The number of phenolic OH excluding ortho intramolecular Hbond substituents is 1. The Labute approximate surface area is 393 Å². The molecule has 1 aliphatic carbocycles. The van der Waals surface area contributed by atoms with Crippen LogP contribution in [0, 0.1) is 5.41 Å². The second kappa shape index (κ2) is 20.2. The molecule has 1 unspecified atom stereocenters. The molecule has 2 fully saturated rings. The van der Waals surface area contributed by atoms with Crippen molar-refractivity contribution in [1.82, 2.24) is 20.5 Å². The lowest BCUT2D eigenvalue weighted by atomic mass is 9.67. The fraction of sp³-hybridized carbons (Fsp3) is 0.291. The molecule has 12 heteroatoms. The number of hydrogen-bond donors (Lipinski definition) is 6. The number of phenols is 1. The Balaban J connectivity index is 0.804. The van der Waals surface area contributed by atoms with Crippen LogP contribution in [0.25, 0.3) is 21.3 Å². The Hall–Kier alpha value is -6.41. The first kappa shape index (κ1) is 45.7. The van der Waals surface area contributed by atoms with Gasteiger partial charge in [-0.2, -0.15) is 0 Å². The van der Waals surface area contributed by atoms with Crippen molar-refractivity contribution in [2.45, 2.75) is 75.3 Å². The van der Waals surface area contributed by atoms with Crippen LogP contribution in [0.15, 0.2) is 156 Å². The van der Waals surface area contributed by atoms with Gasteiger partial charge in [-0.3, -0.25) is 14.5 Å². The fourth-order valence-electron chi connectivity index (χ4n) is 9.85. The number of pyridine rings is 1. The maximum absolute atomic E-state index is 14.4. The van der Waals surface area contributed by atoms with Gasteiger partial charge >= 0.3 is 5.97 Å². The number of carbonyl (C=O) groups excluding carboxylic acids is 2. The van der Waals surface area contributed by atoms with Gasteiger partial charge in [-0.25, -0.2) is 4.79 Å². The van der Waals surface area contributed by atoms with Gasteiger partial charge in [0.15, 0.2) is 4.88 Å². The molecule has 3 heterocycles. The number of benzene rings is 5. The van der Waals surface area contributed by atoms with Gasteiger partial charge in [0.2, 0.25) is 17.0 Å². The van der Waals surface area contributed by atoms with Crippen molar-refractivity contribution in [3.8, 4) is 16.2 Å². The highest BCUT2D eigenvalue weighted by Gasteiger charge is 2.45. The zero-order valence-corrected chi connectivity index (χ0v) is 38.2. The number of rotatable bonds is 15. The number of amides is 1. The average Bonchev–Trinajstić information content (AvgIpc) is 3.84. The number of nitrogens with one attached hydrogen (secondary N) is 3. The highest BCUT2D eigenvalue weighted by molar-refractivity contribution is 7.32. The number of carbonyl (C=O) groups is 2. The number of fused-ring (bicyclic) bond motifs is 1. The molecular weight excluding hydrogens is 861 g/mol. The van der Waals surface area contributed by atoms with Crippen LogP contribution in [0.2, 0.25) is 0 Å². The normalized spacial score (nSPS) is 16.9. The molecule has 9 rings (SSSR count). The van der Waals surface area contributed by atoms with E-state index in [2.05, 4.69) is 56.2 Å². The van der Waals surface area contributed by atoms with Crippen LogP contribution in [-0.4, -0.2) is 62.8 Å². The van der Waals surface area contributed by atoms with Crippen molar-refractivity contribution in [3.63, 3.8) is 0 Å². The van der Waals surface area contributed by atoms with Gasteiger partial charge in [0.1, 0.15) is 17.2 Å². The summed E-state index contributed by atoms with van der Waals surface area (Å²) in [6, 6.07) is 44.4. The summed E-state index contributed by atoms with van der Waals surface area (Å²) in [6.45, 7) is 3.79. The minimum absolute atomic E-state index is 0.0649. The molecule has 67 heavy (non-hydrogen) atoms. The number of aliphatic hydroxyl groups excluding tert-OH is 1. The van der Waals surface area contributed by atoms with Gasteiger partial charge in [-0.05, 0) is 122 Å². The summed E-state index contributed by atoms with van der Waals surface area (Å²) >= 11 is 0. The van der Waals surface area contributed by atoms with Crippen LogP contribution >= 0.6 is 10.5 Å². The number of thiophene rings is 1. The molecule has 11 nitrogen and oxygen atoms in total. The Bertz CT molecular complexity index is 2870. The summed E-state index contributed by atoms with van der Waals surface area (Å²) in [7, 11) is -0.483. The summed E-state index contributed by atoms with van der Waals surface area (Å²) in [5.41, 5.74) is 3.26. The molecule has 3 atom stereocenters. The van der Waals surface area contributed by atoms with E-state index < -0.39 is 28.1 Å². The SMILES string of the molecule is O=C(NC[s+]1cccc1-c1cccc([C@](O)(C(=O)OC2CCC3(CC2)CCN(Cc2ccccc2)CC3)c2ccccc2)c1)c1ccc(CNC[C@H](O)c2ccc(O)c3[nH]c(=O)ccc23)cc1. The quantitative estimate of drug-likeness (QED) is 0.0436. The van der Waals surface area contributed by atoms with E-state index in [1.807, 2.05) is 60.7 Å². The summed E-state index contributed by atoms with van der Waals surface area (Å²) in [5.74, 6) is -0.576. The van der Waals surface area contributed by atoms with Crippen molar-refractivity contribution in [2.24, 2.45) is 5.41 Å². The molecule has 1 amide bonds. The van der Waals surface area contributed by atoms with Crippen molar-refractivity contribution in [2.75, 3.05) is 19.6 Å². The van der Waals surface area contributed by atoms with Crippen molar-refractivity contribution in [1.29, 1.82) is 0 Å². The maximum atomic E-state index is 14.4. The van der Waals surface area contributed by atoms with Crippen LogP contribution in [0.3, 0.4) is 0 Å². The monoisotopic (exact) mass is 917 g/mol. The number of aromatic amines is 1. The predicted octanol–water partition coefficient (Wildman–Crippen LogP) is 8.86. The number of esters is 1. The van der Waals surface area contributed by atoms with Crippen LogP contribution < -0.4 is 16.2 Å². The molecule has 1 spiro atoms. The van der Waals surface area contributed by atoms with E-state index in [1.165, 1.54) is 17.7 Å². The number of nitrogens with zero attached hydrogens (tertiary/aromatic N) is 1. The lowest BCUT2D eigenvalue weighted by molar-refractivity contribution is -0.171. The Morgan fingerprint density at radius 1 is 0.806 bits per heavy atom. The molecule has 344 valence electrons. The zero-order chi connectivity index (χ0) is 46.4. The fourth-order valence-corrected chi connectivity index (χ4v) is 11.5. The smallest absolute Gasteiger partial charge is 0.347 e. The second-order valence-electron chi connectivity index (χ2n) is 18.1. The summed E-state index contributed by atoms with van der Waals surface area (Å²) in [5, 5.41) is 42.6. The largest absolute Gasteiger partial charge is 0.506 e. The number of piperidine rings is 1. The molecule has 2 aromatic heterocycles. The van der Waals surface area contributed by atoms with Crippen LogP contribution in [-0.2, 0) is 34.1 Å². The summed E-state index contributed by atoms with van der Waals surface area (Å²) < 4.78 is 6.26. The van der Waals surface area contributed by atoms with Crippen LogP contribution in [0.1, 0.15) is 82.8 Å². The standard InChI is InChI=1S/C55H56N4O7S/c60-47-22-20-45(46-21-23-50(62)58-51(46)47)48(61)35-56-34-38-16-18-40(19-17-38)52(63)57-37-67-32-8-15-49(67)41-11-7-14-43(33-41)55(65,42-12-5-2-6-13-42)53(64)66-44-24-26-54(27-25-44)28-30-59(31-29-54)36-39-9-3-1-4-10-39/h1-23,32-33,44,48,56,61,65H,24-31,34-37H2,(H2-,57,58,60,62,63)/p+1/t48-,55-,67?/m0/s1. The first-order valence-corrected chi connectivity index (χ1v) is 24.6. The molecule has 6 N–H and O–H groups in total. The molecule has 0 radical (unpaired) electrons. The van der Waals surface area contributed by atoms with E-state index in [-0.39, 0.29) is 40.8 Å². The first-order valence-electron chi connectivity index (χ1n) is 23.1. The van der Waals surface area contributed by atoms with Gasteiger partial charge in [0.25, 0.3) is 5.91 Å². The van der Waals surface area contributed by atoms with E-state index in [1.54, 1.807) is 42.5 Å². The number of aromatic hydroxyl groups is 1. The van der Waals surface area contributed by atoms with Crippen molar-refractivity contribution in [3.05, 3.63) is 195 Å². The topological polar surface area (TPSA) is 164 Å². The maximum Gasteiger partial charge on any atom is 0.347 e. The number of H-pyrrole nitrogens is 1. The van der Waals surface area contributed by atoms with E-state index in [9.17, 15) is 29.7 Å². The van der Waals surface area contributed by atoms with Crippen LogP contribution in [0.4, 0.5) is 0 Å². The van der Waals surface area contributed by atoms with Crippen molar-refractivity contribution < 1.29 is 29.6 Å². The predicted molar refractivity (Wildman–Crippen MR) is 262 cm³/mol. The number of hydrogen-bond acceptors (Lipinski definition) is 9. The highest BCUT2D eigenvalue weighted by Crippen LogP contribution is 2.46. The molecule has 0 bridgehead atoms. The first-order chi connectivity index (χ1) is 32.6. The van der Waals surface area contributed by atoms with E-state index in [0.717, 1.165) is 74.2 Å². The zero-order valence-electron chi connectivity index (χ0n) is 37.4. The van der Waals surface area contributed by atoms with Crippen molar-refractivity contribution >= 4 is 33.2 Å².